The molecule has 0 radical (unpaired) electrons. The number of imidazole rings is 1. The maximum atomic E-state index is 5.47. The number of hydrogen-bond acceptors (Lipinski definition) is 5. The Morgan fingerprint density at radius 2 is 1.70 bits per heavy atom. The van der Waals surface area contributed by atoms with Crippen molar-refractivity contribution in [2.45, 2.75) is 13.1 Å². The van der Waals surface area contributed by atoms with Crippen LogP contribution in [0, 0.1) is 0 Å². The number of rotatable bonds is 6. The second-order valence-corrected chi connectivity index (χ2v) is 7.46. The summed E-state index contributed by atoms with van der Waals surface area (Å²) in [7, 11) is 0. The fourth-order valence-electron chi connectivity index (χ4n) is 3.91. The third kappa shape index (κ3) is 3.92. The van der Waals surface area contributed by atoms with Crippen LogP contribution in [0.15, 0.2) is 73.2 Å². The van der Waals surface area contributed by atoms with Gasteiger partial charge in [-0.3, -0.25) is 4.57 Å². The number of fused-ring (bicyclic) bond motifs is 1. The minimum atomic E-state index is 0.766. The highest BCUT2D eigenvalue weighted by Gasteiger charge is 2.15. The van der Waals surface area contributed by atoms with Gasteiger partial charge in [0.2, 0.25) is 0 Å². The first-order chi connectivity index (χ1) is 14.9. The predicted octanol–water partition coefficient (Wildman–Crippen LogP) is 3.55. The lowest BCUT2D eigenvalue weighted by atomic mass is 10.2. The zero-order chi connectivity index (χ0) is 20.2. The number of aromatic nitrogens is 3. The lowest BCUT2D eigenvalue weighted by Gasteiger charge is -2.29. The van der Waals surface area contributed by atoms with Crippen molar-refractivity contribution in [3.8, 4) is 5.69 Å². The van der Waals surface area contributed by atoms with E-state index in [9.17, 15) is 0 Å². The number of hydrogen-bond donors (Lipinski definition) is 1. The Morgan fingerprint density at radius 3 is 2.57 bits per heavy atom. The van der Waals surface area contributed by atoms with Crippen molar-refractivity contribution >= 4 is 16.9 Å². The standard InChI is InChI=1S/C24H25N5O/c1-2-6-23-22(5-1)27-18-29(23)21-9-7-19(8-10-21)16-25-17-20-4-3-11-26-24(20)28-12-14-30-15-13-28/h1-11,18,25H,12-17H2. The van der Waals surface area contributed by atoms with E-state index in [1.807, 2.05) is 36.8 Å². The molecule has 2 aromatic heterocycles. The van der Waals surface area contributed by atoms with E-state index >= 15 is 0 Å². The summed E-state index contributed by atoms with van der Waals surface area (Å²) in [5, 5.41) is 3.56. The maximum absolute atomic E-state index is 5.47. The van der Waals surface area contributed by atoms with Crippen molar-refractivity contribution in [1.29, 1.82) is 0 Å². The van der Waals surface area contributed by atoms with Gasteiger partial charge in [-0.2, -0.15) is 0 Å². The monoisotopic (exact) mass is 399 g/mol. The molecule has 30 heavy (non-hydrogen) atoms. The molecule has 1 aliphatic rings. The Morgan fingerprint density at radius 1 is 0.867 bits per heavy atom. The van der Waals surface area contributed by atoms with Crippen molar-refractivity contribution in [2.24, 2.45) is 0 Å². The van der Waals surface area contributed by atoms with Crippen molar-refractivity contribution in [3.05, 3.63) is 84.3 Å². The largest absolute Gasteiger partial charge is 0.378 e. The Balaban J connectivity index is 1.24. The van der Waals surface area contributed by atoms with Crippen LogP contribution >= 0.6 is 0 Å². The van der Waals surface area contributed by atoms with Gasteiger partial charge in [-0.25, -0.2) is 9.97 Å². The Bertz CT molecular complexity index is 1120. The number of nitrogens with zero attached hydrogens (tertiary/aromatic N) is 4. The van der Waals surface area contributed by atoms with Crippen LogP contribution in [0.2, 0.25) is 0 Å². The van der Waals surface area contributed by atoms with Crippen molar-refractivity contribution in [3.63, 3.8) is 0 Å². The summed E-state index contributed by atoms with van der Waals surface area (Å²) in [6.45, 7) is 4.92. The van der Waals surface area contributed by atoms with Gasteiger partial charge in [0.1, 0.15) is 12.1 Å². The van der Waals surface area contributed by atoms with E-state index in [0.717, 1.165) is 61.9 Å². The number of nitrogens with one attached hydrogen (secondary N) is 1. The normalized spacial score (nSPS) is 14.3. The summed E-state index contributed by atoms with van der Waals surface area (Å²) in [6, 6.07) is 21.0. The molecule has 0 bridgehead atoms. The number of ether oxygens (including phenoxy) is 1. The van der Waals surface area contributed by atoms with Crippen LogP contribution in [0.25, 0.3) is 16.7 Å². The highest BCUT2D eigenvalue weighted by molar-refractivity contribution is 5.77. The molecule has 1 N–H and O–H groups in total. The van der Waals surface area contributed by atoms with Gasteiger partial charge in [-0.05, 0) is 35.9 Å². The van der Waals surface area contributed by atoms with Gasteiger partial charge >= 0.3 is 0 Å². The number of morpholine rings is 1. The molecule has 0 unspecified atom stereocenters. The third-order valence-electron chi connectivity index (χ3n) is 5.49. The second kappa shape index (κ2) is 8.65. The van der Waals surface area contributed by atoms with Gasteiger partial charge < -0.3 is 15.0 Å². The average Bonchev–Trinajstić information content (AvgIpc) is 3.25. The molecule has 0 atom stereocenters. The van der Waals surface area contributed by atoms with E-state index in [0.29, 0.717) is 0 Å². The molecule has 0 amide bonds. The molecule has 1 aliphatic heterocycles. The number of anilines is 1. The lowest BCUT2D eigenvalue weighted by molar-refractivity contribution is 0.122. The average molecular weight is 399 g/mol. The van der Waals surface area contributed by atoms with Crippen LogP contribution < -0.4 is 10.2 Å². The van der Waals surface area contributed by atoms with E-state index in [1.54, 1.807) is 0 Å². The van der Waals surface area contributed by atoms with Crippen LogP contribution in [0.5, 0.6) is 0 Å². The van der Waals surface area contributed by atoms with E-state index in [-0.39, 0.29) is 0 Å². The van der Waals surface area contributed by atoms with Gasteiger partial charge in [0.05, 0.1) is 24.2 Å². The Kier molecular flexibility index (Phi) is 5.42. The molecule has 6 heteroatoms. The molecule has 152 valence electrons. The third-order valence-corrected chi connectivity index (χ3v) is 5.49. The van der Waals surface area contributed by atoms with Crippen LogP contribution in [0.4, 0.5) is 5.82 Å². The van der Waals surface area contributed by atoms with Crippen molar-refractivity contribution in [2.75, 3.05) is 31.2 Å². The zero-order valence-corrected chi connectivity index (χ0v) is 16.9. The second-order valence-electron chi connectivity index (χ2n) is 7.46. The van der Waals surface area contributed by atoms with Crippen LogP contribution in [-0.4, -0.2) is 40.8 Å². The summed E-state index contributed by atoms with van der Waals surface area (Å²) in [5.74, 6) is 1.07. The van der Waals surface area contributed by atoms with Gasteiger partial charge in [0.15, 0.2) is 0 Å². The summed E-state index contributed by atoms with van der Waals surface area (Å²) >= 11 is 0. The SMILES string of the molecule is c1cnc(N2CCOCC2)c(CNCc2ccc(-n3cnc4ccccc43)cc2)c1. The Hall–Kier alpha value is -3.22. The molecular formula is C24H25N5O. The van der Waals surface area contributed by atoms with Gasteiger partial charge in [-0.15, -0.1) is 0 Å². The van der Waals surface area contributed by atoms with Crippen molar-refractivity contribution < 1.29 is 4.74 Å². The van der Waals surface area contributed by atoms with Gasteiger partial charge in [0.25, 0.3) is 0 Å². The molecular weight excluding hydrogens is 374 g/mol. The van der Waals surface area contributed by atoms with E-state index in [2.05, 4.69) is 61.1 Å². The maximum Gasteiger partial charge on any atom is 0.133 e. The molecule has 2 aromatic carbocycles. The molecule has 0 aliphatic carbocycles. The van der Waals surface area contributed by atoms with E-state index < -0.39 is 0 Å². The molecule has 1 saturated heterocycles. The topological polar surface area (TPSA) is 55.2 Å². The molecule has 0 spiro atoms. The minimum absolute atomic E-state index is 0.766. The van der Waals surface area contributed by atoms with Gasteiger partial charge in [-0.1, -0.05) is 30.3 Å². The summed E-state index contributed by atoms with van der Waals surface area (Å²) in [5.41, 5.74) is 5.72. The summed E-state index contributed by atoms with van der Waals surface area (Å²) in [4.78, 5) is 11.4. The molecule has 3 heterocycles. The van der Waals surface area contributed by atoms with E-state index in [4.69, 9.17) is 4.74 Å². The summed E-state index contributed by atoms with van der Waals surface area (Å²) in [6.07, 6.45) is 3.75. The number of pyridine rings is 1. The van der Waals surface area contributed by atoms with Crippen LogP contribution in [0.3, 0.4) is 0 Å². The predicted molar refractivity (Wildman–Crippen MR) is 119 cm³/mol. The molecule has 4 aromatic rings. The fraction of sp³-hybridized carbons (Fsp3) is 0.250. The van der Waals surface area contributed by atoms with Crippen molar-refractivity contribution in [1.82, 2.24) is 19.9 Å². The number of benzene rings is 2. The minimum Gasteiger partial charge on any atom is -0.378 e. The van der Waals surface area contributed by atoms with Gasteiger partial charge in [0, 0.05) is 43.6 Å². The fourth-order valence-corrected chi connectivity index (χ4v) is 3.91. The lowest BCUT2D eigenvalue weighted by Crippen LogP contribution is -2.37. The first-order valence-corrected chi connectivity index (χ1v) is 10.4. The molecule has 0 saturated carbocycles. The number of para-hydroxylation sites is 2. The highest BCUT2D eigenvalue weighted by Crippen LogP contribution is 2.20. The smallest absolute Gasteiger partial charge is 0.133 e. The van der Waals surface area contributed by atoms with Crippen LogP contribution in [0.1, 0.15) is 11.1 Å². The Labute approximate surface area is 176 Å². The van der Waals surface area contributed by atoms with Crippen LogP contribution in [-0.2, 0) is 17.8 Å². The highest BCUT2D eigenvalue weighted by atomic mass is 16.5. The molecule has 5 rings (SSSR count). The quantitative estimate of drug-likeness (QED) is 0.537. The summed E-state index contributed by atoms with van der Waals surface area (Å²) < 4.78 is 7.59. The first kappa shape index (κ1) is 18.8. The first-order valence-electron chi connectivity index (χ1n) is 10.4. The molecule has 6 nitrogen and oxygen atoms in total. The molecule has 1 fully saturated rings. The zero-order valence-electron chi connectivity index (χ0n) is 16.9. The van der Waals surface area contributed by atoms with E-state index in [1.165, 1.54) is 11.1 Å².